The molecule has 0 saturated heterocycles. The fraction of sp³-hybridized carbons (Fsp3) is 0.700. The third-order valence-corrected chi connectivity index (χ3v) is 3.32. The van der Waals surface area contributed by atoms with Gasteiger partial charge in [-0.1, -0.05) is 0 Å². The highest BCUT2D eigenvalue weighted by Gasteiger charge is 2.06. The second-order valence-corrected chi connectivity index (χ2v) is 4.42. The molecular formula is C10H18N2OS. The van der Waals surface area contributed by atoms with Crippen LogP contribution in [0.2, 0.25) is 0 Å². The topological polar surface area (TPSA) is 48.1 Å². The summed E-state index contributed by atoms with van der Waals surface area (Å²) < 4.78 is 5.00. The highest BCUT2D eigenvalue weighted by atomic mass is 32.1. The van der Waals surface area contributed by atoms with Crippen molar-refractivity contribution < 1.29 is 4.74 Å². The van der Waals surface area contributed by atoms with E-state index in [0.29, 0.717) is 6.54 Å². The van der Waals surface area contributed by atoms with E-state index in [-0.39, 0.29) is 0 Å². The lowest BCUT2D eigenvalue weighted by Crippen LogP contribution is -2.01. The minimum absolute atomic E-state index is 0.709. The molecule has 0 spiro atoms. The van der Waals surface area contributed by atoms with Gasteiger partial charge in [0.1, 0.15) is 0 Å². The van der Waals surface area contributed by atoms with Crippen molar-refractivity contribution in [2.45, 2.75) is 26.2 Å². The van der Waals surface area contributed by atoms with Crippen LogP contribution in [0, 0.1) is 6.92 Å². The Hall–Kier alpha value is -0.450. The highest BCUT2D eigenvalue weighted by molar-refractivity contribution is 7.11. The molecule has 0 aliphatic rings. The standard InChI is InChI=1S/C10H18N2OS/c1-8-9(5-6-11)14-10(12-8)4-3-7-13-2/h3-7,11H2,1-2H3. The molecule has 0 amide bonds. The second-order valence-electron chi connectivity index (χ2n) is 3.25. The maximum absolute atomic E-state index is 5.52. The van der Waals surface area contributed by atoms with Gasteiger partial charge in [0.2, 0.25) is 0 Å². The smallest absolute Gasteiger partial charge is 0.0931 e. The number of hydrogen-bond donors (Lipinski definition) is 1. The van der Waals surface area contributed by atoms with Gasteiger partial charge in [0.15, 0.2) is 0 Å². The van der Waals surface area contributed by atoms with Gasteiger partial charge in [-0.2, -0.15) is 0 Å². The third kappa shape index (κ3) is 3.36. The number of rotatable bonds is 6. The normalized spacial score (nSPS) is 10.8. The molecule has 0 aromatic carbocycles. The number of thiazole rings is 1. The predicted molar refractivity (Wildman–Crippen MR) is 59.8 cm³/mol. The second kappa shape index (κ2) is 6.11. The van der Waals surface area contributed by atoms with Gasteiger partial charge in [0.25, 0.3) is 0 Å². The molecule has 4 heteroatoms. The largest absolute Gasteiger partial charge is 0.385 e. The van der Waals surface area contributed by atoms with Gasteiger partial charge in [0.05, 0.1) is 10.7 Å². The minimum atomic E-state index is 0.709. The molecule has 14 heavy (non-hydrogen) atoms. The molecule has 2 N–H and O–H groups in total. The van der Waals surface area contributed by atoms with E-state index in [2.05, 4.69) is 11.9 Å². The Labute approximate surface area is 89.3 Å². The minimum Gasteiger partial charge on any atom is -0.385 e. The number of aryl methyl sites for hydroxylation is 2. The molecule has 0 radical (unpaired) electrons. The maximum atomic E-state index is 5.52. The maximum Gasteiger partial charge on any atom is 0.0931 e. The van der Waals surface area contributed by atoms with Crippen molar-refractivity contribution in [1.29, 1.82) is 0 Å². The molecule has 3 nitrogen and oxygen atoms in total. The summed E-state index contributed by atoms with van der Waals surface area (Å²) in [4.78, 5) is 5.84. The fourth-order valence-electron chi connectivity index (χ4n) is 1.33. The van der Waals surface area contributed by atoms with E-state index in [0.717, 1.165) is 31.6 Å². The lowest BCUT2D eigenvalue weighted by molar-refractivity contribution is 0.195. The molecule has 1 aromatic rings. The molecule has 0 fully saturated rings. The fourth-order valence-corrected chi connectivity index (χ4v) is 2.45. The van der Waals surface area contributed by atoms with Gasteiger partial charge in [0, 0.05) is 25.0 Å². The van der Waals surface area contributed by atoms with Crippen LogP contribution >= 0.6 is 11.3 Å². The zero-order valence-corrected chi connectivity index (χ0v) is 9.69. The first-order valence-corrected chi connectivity index (χ1v) is 5.73. The van der Waals surface area contributed by atoms with Gasteiger partial charge in [-0.05, 0) is 26.3 Å². The zero-order chi connectivity index (χ0) is 10.4. The summed E-state index contributed by atoms with van der Waals surface area (Å²) in [5.41, 5.74) is 6.67. The van der Waals surface area contributed by atoms with Crippen molar-refractivity contribution in [2.24, 2.45) is 5.73 Å². The highest BCUT2D eigenvalue weighted by Crippen LogP contribution is 2.19. The first-order chi connectivity index (χ1) is 6.77. The monoisotopic (exact) mass is 214 g/mol. The molecule has 1 aromatic heterocycles. The van der Waals surface area contributed by atoms with E-state index in [9.17, 15) is 0 Å². The lowest BCUT2D eigenvalue weighted by Gasteiger charge is -1.94. The summed E-state index contributed by atoms with van der Waals surface area (Å²) in [6.07, 6.45) is 3.02. The average molecular weight is 214 g/mol. The summed E-state index contributed by atoms with van der Waals surface area (Å²) in [6, 6.07) is 0. The molecule has 0 bridgehead atoms. The van der Waals surface area contributed by atoms with E-state index in [1.54, 1.807) is 18.4 Å². The SMILES string of the molecule is COCCCc1nc(C)c(CCN)s1. The van der Waals surface area contributed by atoms with Crippen molar-refractivity contribution >= 4 is 11.3 Å². The summed E-state index contributed by atoms with van der Waals surface area (Å²) in [5.74, 6) is 0. The van der Waals surface area contributed by atoms with Gasteiger partial charge in [-0.25, -0.2) is 4.98 Å². The molecule has 0 atom stereocenters. The molecule has 0 unspecified atom stereocenters. The molecule has 80 valence electrons. The van der Waals surface area contributed by atoms with Crippen LogP contribution in [0.5, 0.6) is 0 Å². The molecule has 1 rings (SSSR count). The van der Waals surface area contributed by atoms with Crippen LogP contribution in [0.1, 0.15) is 22.0 Å². The Morgan fingerprint density at radius 2 is 2.21 bits per heavy atom. The van der Waals surface area contributed by atoms with Crippen molar-refractivity contribution in [3.63, 3.8) is 0 Å². The Morgan fingerprint density at radius 3 is 2.86 bits per heavy atom. The molecule has 1 heterocycles. The predicted octanol–water partition coefficient (Wildman–Crippen LogP) is 1.53. The number of aromatic nitrogens is 1. The lowest BCUT2D eigenvalue weighted by atomic mass is 10.3. The van der Waals surface area contributed by atoms with Gasteiger partial charge >= 0.3 is 0 Å². The number of nitrogens with zero attached hydrogens (tertiary/aromatic N) is 1. The first-order valence-electron chi connectivity index (χ1n) is 4.92. The van der Waals surface area contributed by atoms with Crippen molar-refractivity contribution in [3.05, 3.63) is 15.6 Å². The summed E-state index contributed by atoms with van der Waals surface area (Å²) in [6.45, 7) is 3.58. The van der Waals surface area contributed by atoms with E-state index >= 15 is 0 Å². The number of methoxy groups -OCH3 is 1. The summed E-state index contributed by atoms with van der Waals surface area (Å²) in [7, 11) is 1.73. The van der Waals surface area contributed by atoms with Crippen molar-refractivity contribution in [1.82, 2.24) is 4.98 Å². The van der Waals surface area contributed by atoms with Crippen LogP contribution in [-0.4, -0.2) is 25.2 Å². The third-order valence-electron chi connectivity index (χ3n) is 2.05. The van der Waals surface area contributed by atoms with E-state index in [1.807, 2.05) is 0 Å². The van der Waals surface area contributed by atoms with Crippen LogP contribution in [0.3, 0.4) is 0 Å². The molecular weight excluding hydrogens is 196 g/mol. The summed E-state index contributed by atoms with van der Waals surface area (Å²) >= 11 is 1.79. The summed E-state index contributed by atoms with van der Waals surface area (Å²) in [5, 5.41) is 1.21. The van der Waals surface area contributed by atoms with Gasteiger partial charge < -0.3 is 10.5 Å². The molecule has 0 aliphatic carbocycles. The van der Waals surface area contributed by atoms with Crippen LogP contribution in [0.25, 0.3) is 0 Å². The quantitative estimate of drug-likeness (QED) is 0.731. The first kappa shape index (κ1) is 11.6. The number of nitrogens with two attached hydrogens (primary N) is 1. The van der Waals surface area contributed by atoms with Crippen molar-refractivity contribution in [2.75, 3.05) is 20.3 Å². The molecule has 0 aliphatic heterocycles. The van der Waals surface area contributed by atoms with Gasteiger partial charge in [-0.15, -0.1) is 11.3 Å². The van der Waals surface area contributed by atoms with E-state index in [1.165, 1.54) is 9.88 Å². The van der Waals surface area contributed by atoms with Crippen LogP contribution in [0.4, 0.5) is 0 Å². The van der Waals surface area contributed by atoms with Crippen LogP contribution in [-0.2, 0) is 17.6 Å². The van der Waals surface area contributed by atoms with Crippen LogP contribution < -0.4 is 5.73 Å². The number of ether oxygens (including phenoxy) is 1. The number of hydrogen-bond acceptors (Lipinski definition) is 4. The van der Waals surface area contributed by atoms with E-state index in [4.69, 9.17) is 10.5 Å². The van der Waals surface area contributed by atoms with Gasteiger partial charge in [-0.3, -0.25) is 0 Å². The van der Waals surface area contributed by atoms with Crippen LogP contribution in [0.15, 0.2) is 0 Å². The Balaban J connectivity index is 2.48. The molecule has 0 saturated carbocycles. The average Bonchev–Trinajstić information content (AvgIpc) is 2.49. The zero-order valence-electron chi connectivity index (χ0n) is 8.88. The Morgan fingerprint density at radius 1 is 1.43 bits per heavy atom. The Bertz CT molecular complexity index is 273. The van der Waals surface area contributed by atoms with Crippen molar-refractivity contribution in [3.8, 4) is 0 Å². The van der Waals surface area contributed by atoms with E-state index < -0.39 is 0 Å². The Kier molecular flexibility index (Phi) is 5.07.